The third kappa shape index (κ3) is 3.13. The van der Waals surface area contributed by atoms with Gasteiger partial charge in [-0.1, -0.05) is 29.8 Å². The molecule has 0 saturated heterocycles. The molecule has 0 spiro atoms. The first kappa shape index (κ1) is 11.8. The van der Waals surface area contributed by atoms with E-state index in [0.717, 1.165) is 0 Å². The fraction of sp³-hybridized carbons (Fsp3) is 0.250. The van der Waals surface area contributed by atoms with Crippen molar-refractivity contribution in [3.05, 3.63) is 34.9 Å². The highest BCUT2D eigenvalue weighted by atomic mass is 35.5. The van der Waals surface area contributed by atoms with E-state index in [1.807, 2.05) is 0 Å². The summed E-state index contributed by atoms with van der Waals surface area (Å²) in [6.45, 7) is 0. The molecular formula is C8H8Cl2O3S. The Morgan fingerprint density at radius 1 is 1.36 bits per heavy atom. The van der Waals surface area contributed by atoms with Crippen LogP contribution in [-0.4, -0.2) is 17.7 Å². The molecule has 14 heavy (non-hydrogen) atoms. The minimum atomic E-state index is -4.21. The van der Waals surface area contributed by atoms with Crippen LogP contribution < -0.4 is 0 Å². The molecule has 6 heteroatoms. The van der Waals surface area contributed by atoms with Gasteiger partial charge in [-0.2, -0.15) is 8.42 Å². The third-order valence-corrected chi connectivity index (χ3v) is 3.67. The summed E-state index contributed by atoms with van der Waals surface area (Å²) in [5.41, 5.74) is 0.590. The molecule has 0 heterocycles. The van der Waals surface area contributed by atoms with Gasteiger partial charge in [0.05, 0.1) is 0 Å². The predicted octanol–water partition coefficient (Wildman–Crippen LogP) is 2.34. The van der Waals surface area contributed by atoms with Gasteiger partial charge in [0, 0.05) is 11.4 Å². The van der Waals surface area contributed by atoms with E-state index < -0.39 is 14.8 Å². The van der Waals surface area contributed by atoms with Gasteiger partial charge in [0.15, 0.2) is 4.71 Å². The van der Waals surface area contributed by atoms with Gasteiger partial charge < -0.3 is 0 Å². The van der Waals surface area contributed by atoms with Gasteiger partial charge in [-0.15, -0.1) is 11.6 Å². The number of halogens is 2. The average Bonchev–Trinajstić information content (AvgIpc) is 2.07. The summed E-state index contributed by atoms with van der Waals surface area (Å²) < 4.78 is 28.5. The Bertz CT molecular complexity index is 416. The van der Waals surface area contributed by atoms with Crippen molar-refractivity contribution in [1.82, 2.24) is 0 Å². The van der Waals surface area contributed by atoms with Crippen LogP contribution in [0, 0.1) is 0 Å². The van der Waals surface area contributed by atoms with Gasteiger partial charge >= 0.3 is 0 Å². The molecule has 0 bridgehead atoms. The minimum Gasteiger partial charge on any atom is -0.284 e. The quantitative estimate of drug-likeness (QED) is 0.666. The highest BCUT2D eigenvalue weighted by Crippen LogP contribution is 2.20. The van der Waals surface area contributed by atoms with Crippen LogP contribution in [0.5, 0.6) is 0 Å². The lowest BCUT2D eigenvalue weighted by molar-refractivity contribution is 0.478. The monoisotopic (exact) mass is 254 g/mol. The van der Waals surface area contributed by atoms with E-state index in [9.17, 15) is 8.42 Å². The van der Waals surface area contributed by atoms with E-state index in [4.69, 9.17) is 27.8 Å². The zero-order valence-electron chi connectivity index (χ0n) is 7.02. The summed E-state index contributed by atoms with van der Waals surface area (Å²) in [5, 5.41) is 0.432. The van der Waals surface area contributed by atoms with E-state index in [1.165, 1.54) is 0 Å². The van der Waals surface area contributed by atoms with Gasteiger partial charge in [0.1, 0.15) is 0 Å². The van der Waals surface area contributed by atoms with E-state index >= 15 is 0 Å². The fourth-order valence-corrected chi connectivity index (χ4v) is 1.71. The number of rotatable bonds is 3. The van der Waals surface area contributed by atoms with Gasteiger partial charge in [0.2, 0.25) is 0 Å². The molecule has 0 aliphatic heterocycles. The van der Waals surface area contributed by atoms with Crippen molar-refractivity contribution in [1.29, 1.82) is 0 Å². The van der Waals surface area contributed by atoms with Crippen molar-refractivity contribution in [2.24, 2.45) is 0 Å². The molecule has 0 aromatic heterocycles. The summed E-state index contributed by atoms with van der Waals surface area (Å²) in [6, 6.07) is 6.73. The van der Waals surface area contributed by atoms with Gasteiger partial charge in [-0.05, 0) is 11.6 Å². The largest absolute Gasteiger partial charge is 0.284 e. The first-order valence-corrected chi connectivity index (χ1v) is 6.07. The maximum atomic E-state index is 10.6. The highest BCUT2D eigenvalue weighted by molar-refractivity contribution is 7.87. The summed E-state index contributed by atoms with van der Waals surface area (Å²) >= 11 is 11.3. The Morgan fingerprint density at radius 2 is 1.93 bits per heavy atom. The average molecular weight is 255 g/mol. The number of alkyl halides is 1. The highest BCUT2D eigenvalue weighted by Gasteiger charge is 2.20. The number of hydrogen-bond acceptors (Lipinski definition) is 2. The summed E-state index contributed by atoms with van der Waals surface area (Å²) in [6.07, 6.45) is -0.0138. The number of benzene rings is 1. The second kappa shape index (κ2) is 4.49. The van der Waals surface area contributed by atoms with Gasteiger partial charge in [-0.3, -0.25) is 4.55 Å². The van der Waals surface area contributed by atoms with Crippen LogP contribution in [0.15, 0.2) is 24.3 Å². The van der Waals surface area contributed by atoms with Gasteiger partial charge in [-0.25, -0.2) is 0 Å². The third-order valence-electron chi connectivity index (χ3n) is 1.66. The first-order valence-electron chi connectivity index (χ1n) is 3.75. The van der Waals surface area contributed by atoms with E-state index in [2.05, 4.69) is 0 Å². The summed E-state index contributed by atoms with van der Waals surface area (Å²) in [5.74, 6) is 0. The zero-order valence-corrected chi connectivity index (χ0v) is 9.35. The van der Waals surface area contributed by atoms with Crippen molar-refractivity contribution < 1.29 is 13.0 Å². The lowest BCUT2D eigenvalue weighted by atomic mass is 10.2. The molecule has 1 unspecified atom stereocenters. The fourth-order valence-electron chi connectivity index (χ4n) is 0.942. The summed E-state index contributed by atoms with van der Waals surface area (Å²) in [4.78, 5) is 0. The van der Waals surface area contributed by atoms with Crippen molar-refractivity contribution in [2.45, 2.75) is 11.1 Å². The van der Waals surface area contributed by atoms with Crippen LogP contribution in [-0.2, 0) is 16.5 Å². The van der Waals surface area contributed by atoms with E-state index in [0.29, 0.717) is 10.6 Å². The van der Waals surface area contributed by atoms with Crippen LogP contribution in [0.3, 0.4) is 0 Å². The van der Waals surface area contributed by atoms with Crippen molar-refractivity contribution in [2.75, 3.05) is 0 Å². The van der Waals surface area contributed by atoms with Crippen LogP contribution in [0.25, 0.3) is 0 Å². The minimum absolute atomic E-state index is 0.0138. The Hall–Kier alpha value is -0.290. The Morgan fingerprint density at radius 3 is 2.43 bits per heavy atom. The normalized spacial score (nSPS) is 13.9. The molecular weight excluding hydrogens is 247 g/mol. The van der Waals surface area contributed by atoms with E-state index in [-0.39, 0.29) is 6.42 Å². The molecule has 0 radical (unpaired) electrons. The van der Waals surface area contributed by atoms with E-state index in [1.54, 1.807) is 24.3 Å². The molecule has 0 aliphatic carbocycles. The standard InChI is InChI=1S/C8H8Cl2O3S/c9-7-4-2-1-3-6(7)5-8(10)14(11,12)13/h1-4,8H,5H2,(H,11,12,13). The molecule has 0 fully saturated rings. The molecule has 1 atom stereocenters. The second-order valence-electron chi connectivity index (χ2n) is 2.72. The zero-order chi connectivity index (χ0) is 10.8. The molecule has 1 rings (SSSR count). The van der Waals surface area contributed by atoms with Crippen molar-refractivity contribution in [3.63, 3.8) is 0 Å². The second-order valence-corrected chi connectivity index (χ2v) is 5.51. The van der Waals surface area contributed by atoms with Crippen LogP contribution >= 0.6 is 23.2 Å². The Balaban J connectivity index is 2.85. The predicted molar refractivity (Wildman–Crippen MR) is 56.3 cm³/mol. The molecule has 0 saturated carbocycles. The molecule has 0 aliphatic rings. The first-order chi connectivity index (χ1) is 6.41. The SMILES string of the molecule is O=S(=O)(O)C(Cl)Cc1ccccc1Cl. The van der Waals surface area contributed by atoms with Crippen molar-refractivity contribution >= 4 is 33.3 Å². The lowest BCUT2D eigenvalue weighted by Gasteiger charge is -2.07. The Kier molecular flexibility index (Phi) is 3.78. The smallest absolute Gasteiger partial charge is 0.282 e. The molecule has 0 amide bonds. The van der Waals surface area contributed by atoms with Crippen LogP contribution in [0.1, 0.15) is 5.56 Å². The maximum absolute atomic E-state index is 10.6. The molecule has 3 nitrogen and oxygen atoms in total. The molecule has 78 valence electrons. The lowest BCUT2D eigenvalue weighted by Crippen LogP contribution is -2.16. The summed E-state index contributed by atoms with van der Waals surface area (Å²) in [7, 11) is -4.21. The maximum Gasteiger partial charge on any atom is 0.282 e. The molecule has 1 N–H and O–H groups in total. The van der Waals surface area contributed by atoms with Gasteiger partial charge in [0.25, 0.3) is 10.1 Å². The van der Waals surface area contributed by atoms with Crippen LogP contribution in [0.2, 0.25) is 5.02 Å². The van der Waals surface area contributed by atoms with Crippen LogP contribution in [0.4, 0.5) is 0 Å². The van der Waals surface area contributed by atoms with Crippen molar-refractivity contribution in [3.8, 4) is 0 Å². The molecule has 1 aromatic carbocycles. The topological polar surface area (TPSA) is 54.4 Å². The number of hydrogen-bond donors (Lipinski definition) is 1. The Labute approximate surface area is 92.4 Å². The molecule has 1 aromatic rings.